The third kappa shape index (κ3) is 10.8. The fourth-order valence-corrected chi connectivity index (χ4v) is 6.68. The number of benzene rings is 4. The monoisotopic (exact) mass is 899 g/mol. The quantitative estimate of drug-likeness (QED) is 0.0280. The van der Waals surface area contributed by atoms with E-state index in [9.17, 15) is 53.9 Å². The van der Waals surface area contributed by atoms with E-state index in [0.29, 0.717) is 23.5 Å². The number of halogens is 3. The van der Waals surface area contributed by atoms with Crippen molar-refractivity contribution in [3.63, 3.8) is 0 Å². The van der Waals surface area contributed by atoms with Crippen LogP contribution in [-0.4, -0.2) is 65.1 Å². The summed E-state index contributed by atoms with van der Waals surface area (Å²) in [6.45, 7) is 0. The number of carboxylic acids is 1. The summed E-state index contributed by atoms with van der Waals surface area (Å²) in [5, 5.41) is 46.7. The van der Waals surface area contributed by atoms with E-state index in [1.807, 2.05) is 0 Å². The van der Waals surface area contributed by atoms with Gasteiger partial charge in [0.25, 0.3) is 30.4 Å². The summed E-state index contributed by atoms with van der Waals surface area (Å²) in [5.41, 5.74) is -1.12. The molecule has 0 radical (unpaired) electrons. The van der Waals surface area contributed by atoms with Crippen molar-refractivity contribution in [1.82, 2.24) is 9.97 Å². The van der Waals surface area contributed by atoms with Crippen molar-refractivity contribution in [3.05, 3.63) is 105 Å². The van der Waals surface area contributed by atoms with Crippen LogP contribution in [0.4, 0.5) is 34.3 Å². The van der Waals surface area contributed by atoms with Crippen LogP contribution >= 0.6 is 34.8 Å². The van der Waals surface area contributed by atoms with Gasteiger partial charge in [0.05, 0.1) is 32.4 Å². The first-order chi connectivity index (χ1) is 26.6. The fraction of sp³-hybridized carbons (Fsp3) is 0.0333. The van der Waals surface area contributed by atoms with Gasteiger partial charge in [-0.15, -0.1) is 5.11 Å². The highest BCUT2D eigenvalue weighted by atomic mass is 35.5. The zero-order chi connectivity index (χ0) is 41.9. The molecular formula is C30H20Cl3N9O12S3. The van der Waals surface area contributed by atoms with Crippen LogP contribution in [0.15, 0.2) is 124 Å². The third-order valence-corrected chi connectivity index (χ3v) is 10.4. The Hall–Kier alpha value is -5.57. The van der Waals surface area contributed by atoms with Gasteiger partial charge < -0.3 is 15.5 Å². The van der Waals surface area contributed by atoms with Crippen LogP contribution in [0.2, 0.25) is 15.5 Å². The van der Waals surface area contributed by atoms with Gasteiger partial charge >= 0.3 is 5.97 Å². The van der Waals surface area contributed by atoms with Crippen LogP contribution in [0, 0.1) is 0 Å². The minimum Gasteiger partial charge on any atom is -0.504 e. The molecule has 21 nitrogen and oxygen atoms in total. The van der Waals surface area contributed by atoms with Gasteiger partial charge in [-0.1, -0.05) is 41.4 Å². The molecule has 0 aliphatic rings. The number of nitrogens with zero attached hydrogens (tertiary/aromatic N) is 8. The summed E-state index contributed by atoms with van der Waals surface area (Å²) >= 11 is 18.0. The molecule has 0 saturated carbocycles. The van der Waals surface area contributed by atoms with Gasteiger partial charge in [0.2, 0.25) is 11.4 Å². The molecule has 4 aromatic carbocycles. The van der Waals surface area contributed by atoms with Gasteiger partial charge in [-0.05, 0) is 72.3 Å². The predicted molar refractivity (Wildman–Crippen MR) is 200 cm³/mol. The van der Waals surface area contributed by atoms with E-state index in [1.54, 1.807) is 24.3 Å². The zero-order valence-electron chi connectivity index (χ0n) is 27.6. The maximum Gasteiger partial charge on any atom is 0.338 e. The Bertz CT molecular complexity index is 2870. The standard InChI is InChI=1S/C30H20Cl3N9O12S3/c31-24-26(32)35-30(33)36-28(24)34-15-4-2-6-17(10-15)38-37-16-5-1-3-14(9-16)27(41-39-21-8-7-18(55(46,47)48)11-20(21)29(44)45)42-40-22-12-19(56(49,50)51)13-23(25(22)43)57(52,53)54/h1-13,27,43H,(H,44,45)(H,34,35,36)(H,46,47,48)(H,49,50,51)(H,52,53,54). The number of hydrogen-bond acceptors (Lipinski definition) is 17. The smallest absolute Gasteiger partial charge is 0.338 e. The lowest BCUT2D eigenvalue weighted by molar-refractivity contribution is 0.0697. The molecule has 0 saturated heterocycles. The van der Waals surface area contributed by atoms with Crippen LogP contribution in [-0.2, 0) is 30.4 Å². The number of phenolic OH excluding ortho intramolecular Hbond substituents is 1. The number of azo groups is 3. The lowest BCUT2D eigenvalue weighted by Gasteiger charge is -2.10. The van der Waals surface area contributed by atoms with Crippen molar-refractivity contribution in [3.8, 4) is 5.75 Å². The van der Waals surface area contributed by atoms with Crippen molar-refractivity contribution in [2.45, 2.75) is 20.9 Å². The van der Waals surface area contributed by atoms with Crippen molar-refractivity contribution in [1.29, 1.82) is 0 Å². The van der Waals surface area contributed by atoms with E-state index >= 15 is 0 Å². The molecule has 57 heavy (non-hydrogen) atoms. The molecule has 5 rings (SSSR count). The number of aromatic hydroxyl groups is 1. The summed E-state index contributed by atoms with van der Waals surface area (Å²) in [7, 11) is -15.3. The van der Waals surface area contributed by atoms with Crippen LogP contribution < -0.4 is 5.32 Å². The number of carbonyl (C=O) groups is 1. The largest absolute Gasteiger partial charge is 0.504 e. The van der Waals surface area contributed by atoms with Gasteiger partial charge in [-0.3, -0.25) is 13.7 Å². The number of hydrogen-bond donors (Lipinski definition) is 6. The third-order valence-electron chi connectivity index (χ3n) is 6.99. The highest BCUT2D eigenvalue weighted by Gasteiger charge is 2.25. The minimum absolute atomic E-state index is 0.00304. The van der Waals surface area contributed by atoms with E-state index in [4.69, 9.17) is 34.8 Å². The molecule has 1 heterocycles. The van der Waals surface area contributed by atoms with Crippen LogP contribution in [0.5, 0.6) is 5.75 Å². The average Bonchev–Trinajstić information content (AvgIpc) is 3.12. The molecule has 1 unspecified atom stereocenters. The minimum atomic E-state index is -5.30. The highest BCUT2D eigenvalue weighted by molar-refractivity contribution is 7.86. The first-order valence-corrected chi connectivity index (χ1v) is 20.3. The van der Waals surface area contributed by atoms with Crippen molar-refractivity contribution in [2.24, 2.45) is 30.7 Å². The van der Waals surface area contributed by atoms with Crippen LogP contribution in [0.3, 0.4) is 0 Å². The number of nitrogens with one attached hydrogen (secondary N) is 1. The van der Waals surface area contributed by atoms with Gasteiger partial charge in [0, 0.05) is 11.3 Å². The molecule has 1 atom stereocenters. The second-order valence-corrected chi connectivity index (χ2v) is 16.2. The normalized spacial score (nSPS) is 13.1. The molecule has 0 aliphatic heterocycles. The summed E-state index contributed by atoms with van der Waals surface area (Å²) in [6, 6.07) is 15.2. The molecule has 1 aromatic heterocycles. The van der Waals surface area contributed by atoms with Gasteiger partial charge in [-0.2, -0.15) is 55.8 Å². The Morgan fingerprint density at radius 1 is 0.684 bits per heavy atom. The Kier molecular flexibility index (Phi) is 12.6. The number of phenols is 1. The second kappa shape index (κ2) is 16.9. The highest BCUT2D eigenvalue weighted by Crippen LogP contribution is 2.38. The Labute approximate surface area is 335 Å². The number of aromatic nitrogens is 2. The summed E-state index contributed by atoms with van der Waals surface area (Å²) < 4.78 is 99.2. The summed E-state index contributed by atoms with van der Waals surface area (Å²) in [4.78, 5) is 16.4. The molecule has 27 heteroatoms. The summed E-state index contributed by atoms with van der Waals surface area (Å²) in [5.74, 6) is -2.85. The lowest BCUT2D eigenvalue weighted by Crippen LogP contribution is -2.04. The van der Waals surface area contributed by atoms with E-state index in [2.05, 4.69) is 46.0 Å². The van der Waals surface area contributed by atoms with E-state index in [-0.39, 0.29) is 38.6 Å². The molecule has 296 valence electrons. The lowest BCUT2D eigenvalue weighted by atomic mass is 10.1. The van der Waals surface area contributed by atoms with Crippen molar-refractivity contribution < 1.29 is 53.9 Å². The molecular weight excluding hydrogens is 881 g/mol. The maximum atomic E-state index is 11.9. The number of carboxylic acid groups (broad SMARTS) is 1. The molecule has 0 spiro atoms. The Morgan fingerprint density at radius 3 is 1.91 bits per heavy atom. The number of anilines is 2. The zero-order valence-corrected chi connectivity index (χ0v) is 32.3. The predicted octanol–water partition coefficient (Wildman–Crippen LogP) is 8.31. The van der Waals surface area contributed by atoms with E-state index < -0.39 is 79.9 Å². The van der Waals surface area contributed by atoms with Gasteiger partial charge in [0.15, 0.2) is 16.7 Å². The number of aromatic carboxylic acids is 1. The Balaban J connectivity index is 1.56. The second-order valence-electron chi connectivity index (χ2n) is 10.9. The first kappa shape index (κ1) is 42.6. The maximum absolute atomic E-state index is 11.9. The molecule has 5 aromatic rings. The topological polar surface area (TPSA) is 333 Å². The SMILES string of the molecule is O=C(O)c1cc(S(=O)(=O)O)ccc1N=NC(N=Nc1cc(S(=O)(=O)O)cc(S(=O)(=O)O)c1O)c1cccc(N=Nc2cccc(Nc3nc(Cl)nc(Cl)c3Cl)c2)c1. The Morgan fingerprint density at radius 2 is 1.30 bits per heavy atom. The molecule has 0 fully saturated rings. The molecule has 0 bridgehead atoms. The van der Waals surface area contributed by atoms with Crippen LogP contribution in [0.1, 0.15) is 22.1 Å². The van der Waals surface area contributed by atoms with Crippen molar-refractivity contribution in [2.75, 3.05) is 5.32 Å². The van der Waals surface area contributed by atoms with E-state index in [0.717, 1.165) is 12.1 Å². The summed E-state index contributed by atoms with van der Waals surface area (Å²) in [6.07, 6.45) is -1.66. The van der Waals surface area contributed by atoms with Crippen LogP contribution in [0.25, 0.3) is 0 Å². The van der Waals surface area contributed by atoms with Gasteiger partial charge in [0.1, 0.15) is 15.6 Å². The molecule has 6 N–H and O–H groups in total. The first-order valence-electron chi connectivity index (χ1n) is 14.9. The van der Waals surface area contributed by atoms with Gasteiger partial charge in [-0.25, -0.2) is 9.78 Å². The van der Waals surface area contributed by atoms with Crippen molar-refractivity contribution >= 4 is 105 Å². The fourth-order valence-electron chi connectivity index (χ4n) is 4.44. The molecule has 0 aliphatic carbocycles. The number of rotatable bonds is 13. The average molecular weight is 901 g/mol. The van der Waals surface area contributed by atoms with E-state index in [1.165, 1.54) is 24.3 Å². The molecule has 0 amide bonds.